The van der Waals surface area contributed by atoms with E-state index in [-0.39, 0.29) is 6.10 Å². The van der Waals surface area contributed by atoms with Gasteiger partial charge >= 0.3 is 0 Å². The van der Waals surface area contributed by atoms with E-state index in [2.05, 4.69) is 0 Å². The SMILES string of the molecule is N#CC1(O)CCC(O)CC1. The van der Waals surface area contributed by atoms with E-state index in [4.69, 9.17) is 10.4 Å². The van der Waals surface area contributed by atoms with Gasteiger partial charge in [0.05, 0.1) is 12.2 Å². The Hall–Kier alpha value is -0.590. The van der Waals surface area contributed by atoms with Gasteiger partial charge in [-0.25, -0.2) is 0 Å². The molecule has 1 rings (SSSR count). The van der Waals surface area contributed by atoms with Crippen LogP contribution in [0, 0.1) is 11.3 Å². The Labute approximate surface area is 59.9 Å². The maximum absolute atomic E-state index is 9.33. The van der Waals surface area contributed by atoms with Crippen LogP contribution in [0.15, 0.2) is 0 Å². The van der Waals surface area contributed by atoms with E-state index < -0.39 is 5.60 Å². The topological polar surface area (TPSA) is 64.2 Å². The number of nitrogens with zero attached hydrogens (tertiary/aromatic N) is 1. The van der Waals surface area contributed by atoms with Crippen LogP contribution in [-0.4, -0.2) is 21.9 Å². The summed E-state index contributed by atoms with van der Waals surface area (Å²) in [6.45, 7) is 0. The Morgan fingerprint density at radius 1 is 1.40 bits per heavy atom. The molecular weight excluding hydrogens is 130 g/mol. The Morgan fingerprint density at radius 2 is 1.90 bits per heavy atom. The van der Waals surface area contributed by atoms with Crippen LogP contribution in [0.2, 0.25) is 0 Å². The number of nitriles is 1. The molecule has 0 aliphatic heterocycles. The number of hydrogen-bond acceptors (Lipinski definition) is 3. The summed E-state index contributed by atoms with van der Waals surface area (Å²) in [5, 5.41) is 26.8. The number of hydrogen-bond donors (Lipinski definition) is 2. The van der Waals surface area contributed by atoms with Gasteiger partial charge < -0.3 is 10.2 Å². The second-order valence-corrected chi connectivity index (χ2v) is 2.87. The highest BCUT2D eigenvalue weighted by molar-refractivity contribution is 5.02. The van der Waals surface area contributed by atoms with Crippen LogP contribution >= 0.6 is 0 Å². The third-order valence-corrected chi connectivity index (χ3v) is 1.99. The predicted octanol–water partition coefficient (Wildman–Crippen LogP) is 0.176. The second kappa shape index (κ2) is 2.57. The summed E-state index contributed by atoms with van der Waals surface area (Å²) >= 11 is 0. The molecule has 0 radical (unpaired) electrons. The number of aliphatic hydroxyl groups is 2. The molecule has 10 heavy (non-hydrogen) atoms. The van der Waals surface area contributed by atoms with Crippen molar-refractivity contribution in [2.75, 3.05) is 0 Å². The van der Waals surface area contributed by atoms with E-state index in [1.165, 1.54) is 0 Å². The third kappa shape index (κ3) is 1.47. The lowest BCUT2D eigenvalue weighted by Gasteiger charge is -2.27. The van der Waals surface area contributed by atoms with Gasteiger partial charge in [-0.3, -0.25) is 0 Å². The van der Waals surface area contributed by atoms with Crippen LogP contribution in [0.4, 0.5) is 0 Å². The van der Waals surface area contributed by atoms with E-state index in [0.29, 0.717) is 25.7 Å². The van der Waals surface area contributed by atoms with Gasteiger partial charge in [0, 0.05) is 0 Å². The first kappa shape index (κ1) is 7.52. The van der Waals surface area contributed by atoms with Crippen molar-refractivity contribution in [2.45, 2.75) is 37.4 Å². The van der Waals surface area contributed by atoms with Crippen LogP contribution in [0.3, 0.4) is 0 Å². The zero-order valence-corrected chi connectivity index (χ0v) is 5.75. The molecule has 0 aromatic heterocycles. The minimum Gasteiger partial charge on any atom is -0.393 e. The zero-order valence-electron chi connectivity index (χ0n) is 5.75. The minimum atomic E-state index is -1.15. The summed E-state index contributed by atoms with van der Waals surface area (Å²) in [7, 11) is 0. The first-order valence-electron chi connectivity index (χ1n) is 3.48. The van der Waals surface area contributed by atoms with Crippen molar-refractivity contribution >= 4 is 0 Å². The predicted molar refractivity (Wildman–Crippen MR) is 35.0 cm³/mol. The highest BCUT2D eigenvalue weighted by Gasteiger charge is 2.31. The van der Waals surface area contributed by atoms with Gasteiger partial charge in [0.25, 0.3) is 0 Å². The quantitative estimate of drug-likeness (QED) is 0.473. The Bertz CT molecular complexity index is 153. The maximum Gasteiger partial charge on any atom is 0.151 e. The van der Waals surface area contributed by atoms with Gasteiger partial charge in [0.2, 0.25) is 0 Å². The lowest BCUT2D eigenvalue weighted by Crippen LogP contribution is -2.33. The van der Waals surface area contributed by atoms with Crippen molar-refractivity contribution < 1.29 is 10.2 Å². The van der Waals surface area contributed by atoms with Crippen LogP contribution in [0.25, 0.3) is 0 Å². The Balaban J connectivity index is 2.48. The largest absolute Gasteiger partial charge is 0.393 e. The van der Waals surface area contributed by atoms with Crippen molar-refractivity contribution in [3.8, 4) is 6.07 Å². The number of aliphatic hydroxyl groups excluding tert-OH is 1. The molecular formula is C7H11NO2. The fourth-order valence-corrected chi connectivity index (χ4v) is 1.19. The number of rotatable bonds is 0. The molecule has 0 amide bonds. The fraction of sp³-hybridized carbons (Fsp3) is 0.857. The third-order valence-electron chi connectivity index (χ3n) is 1.99. The molecule has 1 aliphatic rings. The summed E-state index contributed by atoms with van der Waals surface area (Å²) in [5.41, 5.74) is -1.15. The van der Waals surface area contributed by atoms with Gasteiger partial charge in [-0.2, -0.15) is 5.26 Å². The summed E-state index contributed by atoms with van der Waals surface area (Å²) in [6, 6.07) is 1.85. The normalized spacial score (nSPS) is 40.7. The van der Waals surface area contributed by atoms with E-state index in [9.17, 15) is 5.11 Å². The molecule has 0 heterocycles. The highest BCUT2D eigenvalue weighted by atomic mass is 16.3. The first-order chi connectivity index (χ1) is 4.66. The molecule has 1 saturated carbocycles. The van der Waals surface area contributed by atoms with E-state index in [1.54, 1.807) is 0 Å². The smallest absolute Gasteiger partial charge is 0.151 e. The molecule has 0 bridgehead atoms. The summed E-state index contributed by atoms with van der Waals surface area (Å²) in [4.78, 5) is 0. The summed E-state index contributed by atoms with van der Waals surface area (Å²) in [6.07, 6.45) is 1.59. The first-order valence-corrected chi connectivity index (χ1v) is 3.48. The van der Waals surface area contributed by atoms with Gasteiger partial charge in [0.15, 0.2) is 5.60 Å². The zero-order chi connectivity index (χ0) is 7.61. The van der Waals surface area contributed by atoms with Crippen LogP contribution in [-0.2, 0) is 0 Å². The molecule has 0 unspecified atom stereocenters. The van der Waals surface area contributed by atoms with Crippen molar-refractivity contribution in [3.63, 3.8) is 0 Å². The van der Waals surface area contributed by atoms with Gasteiger partial charge in [-0.1, -0.05) is 0 Å². The van der Waals surface area contributed by atoms with E-state index in [0.717, 1.165) is 0 Å². The molecule has 2 N–H and O–H groups in total. The summed E-state index contributed by atoms with van der Waals surface area (Å²) < 4.78 is 0. The molecule has 1 aliphatic carbocycles. The lowest BCUT2D eigenvalue weighted by molar-refractivity contribution is 0.00901. The van der Waals surface area contributed by atoms with E-state index >= 15 is 0 Å². The van der Waals surface area contributed by atoms with Crippen LogP contribution in [0.1, 0.15) is 25.7 Å². The van der Waals surface area contributed by atoms with Gasteiger partial charge in [-0.15, -0.1) is 0 Å². The van der Waals surface area contributed by atoms with Crippen molar-refractivity contribution in [3.05, 3.63) is 0 Å². The molecule has 1 fully saturated rings. The van der Waals surface area contributed by atoms with Crippen LogP contribution in [0.5, 0.6) is 0 Å². The lowest BCUT2D eigenvalue weighted by atomic mass is 9.85. The molecule has 0 aromatic rings. The Morgan fingerprint density at radius 3 is 2.30 bits per heavy atom. The van der Waals surface area contributed by atoms with Crippen molar-refractivity contribution in [1.29, 1.82) is 5.26 Å². The summed E-state index contributed by atoms with van der Waals surface area (Å²) in [5.74, 6) is 0. The fourth-order valence-electron chi connectivity index (χ4n) is 1.19. The standard InChI is InChI=1S/C7H11NO2/c8-5-7(10)3-1-6(9)2-4-7/h6,9-10H,1-4H2. The van der Waals surface area contributed by atoms with Gasteiger partial charge in [-0.05, 0) is 25.7 Å². The Kier molecular flexibility index (Phi) is 1.93. The highest BCUT2D eigenvalue weighted by Crippen LogP contribution is 2.27. The average molecular weight is 141 g/mol. The van der Waals surface area contributed by atoms with Crippen molar-refractivity contribution in [1.82, 2.24) is 0 Å². The molecule has 0 saturated heterocycles. The molecule has 0 aromatic carbocycles. The molecule has 0 spiro atoms. The molecule has 3 heteroatoms. The monoisotopic (exact) mass is 141 g/mol. The maximum atomic E-state index is 9.33. The van der Waals surface area contributed by atoms with Gasteiger partial charge in [0.1, 0.15) is 0 Å². The molecule has 0 atom stereocenters. The minimum absolute atomic E-state index is 0.311. The second-order valence-electron chi connectivity index (χ2n) is 2.87. The molecule has 3 nitrogen and oxygen atoms in total. The van der Waals surface area contributed by atoms with E-state index in [1.807, 2.05) is 6.07 Å². The van der Waals surface area contributed by atoms with Crippen molar-refractivity contribution in [2.24, 2.45) is 0 Å². The average Bonchev–Trinajstić information content (AvgIpc) is 1.96. The van der Waals surface area contributed by atoms with Crippen LogP contribution < -0.4 is 0 Å². The molecule has 56 valence electrons.